The number of benzene rings is 2. The molecule has 2 aromatic rings. The highest BCUT2D eigenvalue weighted by Gasteiger charge is 2.09. The molecule has 0 aromatic heterocycles. The molecule has 0 amide bonds. The van der Waals surface area contributed by atoms with E-state index in [4.69, 9.17) is 0 Å². The molecule has 0 aliphatic rings. The van der Waals surface area contributed by atoms with Gasteiger partial charge in [-0.1, -0.05) is 46.3 Å². The standard InChI is InChI=1S/C14H11BrN2/c15-12-8-6-11(7-9-12)14(10-16)17-13-4-2-1-3-5-13/h1-9,14,17H/t14-/m0/s1. The molecule has 17 heavy (non-hydrogen) atoms. The van der Waals surface area contributed by atoms with Crippen LogP contribution in [0.3, 0.4) is 0 Å². The van der Waals surface area contributed by atoms with Gasteiger partial charge in [0.2, 0.25) is 0 Å². The molecule has 0 fully saturated rings. The summed E-state index contributed by atoms with van der Waals surface area (Å²) in [5, 5.41) is 12.4. The number of hydrogen-bond acceptors (Lipinski definition) is 2. The Kier molecular flexibility index (Phi) is 3.79. The molecule has 84 valence electrons. The molecule has 0 radical (unpaired) electrons. The van der Waals surface area contributed by atoms with Crippen LogP contribution in [0.15, 0.2) is 59.1 Å². The largest absolute Gasteiger partial charge is 0.366 e. The number of anilines is 1. The molecule has 2 nitrogen and oxygen atoms in total. The summed E-state index contributed by atoms with van der Waals surface area (Å²) in [4.78, 5) is 0. The molecular weight excluding hydrogens is 276 g/mol. The van der Waals surface area contributed by atoms with Gasteiger partial charge in [0.25, 0.3) is 0 Å². The average molecular weight is 287 g/mol. The van der Waals surface area contributed by atoms with Gasteiger partial charge in [0.05, 0.1) is 6.07 Å². The van der Waals surface area contributed by atoms with E-state index in [2.05, 4.69) is 27.3 Å². The summed E-state index contributed by atoms with van der Waals surface area (Å²) < 4.78 is 1.01. The minimum absolute atomic E-state index is 0.328. The fourth-order valence-electron chi connectivity index (χ4n) is 1.55. The number of para-hydroxylation sites is 1. The van der Waals surface area contributed by atoms with Crippen molar-refractivity contribution in [2.45, 2.75) is 6.04 Å². The van der Waals surface area contributed by atoms with Gasteiger partial charge in [-0.3, -0.25) is 0 Å². The lowest BCUT2D eigenvalue weighted by Gasteiger charge is -2.13. The molecule has 0 saturated carbocycles. The zero-order valence-corrected chi connectivity index (χ0v) is 10.7. The summed E-state index contributed by atoms with van der Waals surface area (Å²) in [5.74, 6) is 0. The lowest BCUT2D eigenvalue weighted by atomic mass is 10.1. The molecule has 0 spiro atoms. The van der Waals surface area contributed by atoms with Gasteiger partial charge in [-0.2, -0.15) is 5.26 Å². The summed E-state index contributed by atoms with van der Waals surface area (Å²) in [6.45, 7) is 0. The molecule has 1 atom stereocenters. The molecule has 0 aliphatic heterocycles. The molecule has 3 heteroatoms. The van der Waals surface area contributed by atoms with E-state index < -0.39 is 0 Å². The van der Waals surface area contributed by atoms with Crippen molar-refractivity contribution in [2.75, 3.05) is 5.32 Å². The average Bonchev–Trinajstić information content (AvgIpc) is 2.38. The first-order chi connectivity index (χ1) is 8.29. The highest BCUT2D eigenvalue weighted by atomic mass is 79.9. The Morgan fingerprint density at radius 1 is 1.00 bits per heavy atom. The van der Waals surface area contributed by atoms with E-state index in [0.29, 0.717) is 0 Å². The summed E-state index contributed by atoms with van der Waals surface area (Å²) in [6.07, 6.45) is 0. The van der Waals surface area contributed by atoms with Crippen molar-refractivity contribution in [3.8, 4) is 6.07 Å². The number of nitrogens with zero attached hydrogens (tertiary/aromatic N) is 1. The van der Waals surface area contributed by atoms with Crippen molar-refractivity contribution in [1.29, 1.82) is 5.26 Å². The number of nitrogens with one attached hydrogen (secondary N) is 1. The van der Waals surface area contributed by atoms with Gasteiger partial charge in [0, 0.05) is 10.2 Å². The number of nitriles is 1. The maximum absolute atomic E-state index is 9.19. The zero-order chi connectivity index (χ0) is 12.1. The van der Waals surface area contributed by atoms with Gasteiger partial charge in [0.15, 0.2) is 0 Å². The summed E-state index contributed by atoms with van der Waals surface area (Å²) in [7, 11) is 0. The van der Waals surface area contributed by atoms with E-state index in [9.17, 15) is 5.26 Å². The maximum atomic E-state index is 9.19. The fourth-order valence-corrected chi connectivity index (χ4v) is 1.81. The van der Waals surface area contributed by atoms with Crippen molar-refractivity contribution in [1.82, 2.24) is 0 Å². The minimum atomic E-state index is -0.328. The second-order valence-electron chi connectivity index (χ2n) is 3.62. The predicted molar refractivity (Wildman–Crippen MR) is 72.6 cm³/mol. The summed E-state index contributed by atoms with van der Waals surface area (Å²) >= 11 is 3.38. The minimum Gasteiger partial charge on any atom is -0.366 e. The maximum Gasteiger partial charge on any atom is 0.140 e. The van der Waals surface area contributed by atoms with Gasteiger partial charge in [-0.25, -0.2) is 0 Å². The number of halogens is 1. The van der Waals surface area contributed by atoms with Gasteiger partial charge in [-0.05, 0) is 29.8 Å². The summed E-state index contributed by atoms with van der Waals surface area (Å²) in [5.41, 5.74) is 1.90. The summed E-state index contributed by atoms with van der Waals surface area (Å²) in [6, 6.07) is 19.4. The Morgan fingerprint density at radius 2 is 1.65 bits per heavy atom. The van der Waals surface area contributed by atoms with Crippen LogP contribution in [0, 0.1) is 11.3 Å². The molecule has 0 unspecified atom stereocenters. The zero-order valence-electron chi connectivity index (χ0n) is 9.10. The fraction of sp³-hybridized carbons (Fsp3) is 0.0714. The molecular formula is C14H11BrN2. The second-order valence-corrected chi connectivity index (χ2v) is 4.54. The molecule has 1 N–H and O–H groups in total. The Labute approximate surface area is 109 Å². The molecule has 0 saturated heterocycles. The third-order valence-electron chi connectivity index (χ3n) is 2.42. The quantitative estimate of drug-likeness (QED) is 0.921. The smallest absolute Gasteiger partial charge is 0.140 e. The first-order valence-corrected chi connectivity index (χ1v) is 6.05. The third-order valence-corrected chi connectivity index (χ3v) is 2.95. The van der Waals surface area contributed by atoms with Crippen molar-refractivity contribution in [2.24, 2.45) is 0 Å². The van der Waals surface area contributed by atoms with Crippen LogP contribution in [0.1, 0.15) is 11.6 Å². The van der Waals surface area contributed by atoms with Crippen molar-refractivity contribution in [3.63, 3.8) is 0 Å². The van der Waals surface area contributed by atoms with Gasteiger partial charge >= 0.3 is 0 Å². The first kappa shape index (κ1) is 11.7. The molecule has 0 heterocycles. The van der Waals surface area contributed by atoms with Gasteiger partial charge < -0.3 is 5.32 Å². The van der Waals surface area contributed by atoms with Crippen LogP contribution in [0.2, 0.25) is 0 Å². The second kappa shape index (κ2) is 5.51. The predicted octanol–water partition coefficient (Wildman–Crippen LogP) is 4.13. The normalized spacial score (nSPS) is 11.5. The topological polar surface area (TPSA) is 35.8 Å². The van der Waals surface area contributed by atoms with Gasteiger partial charge in [0.1, 0.15) is 6.04 Å². The monoisotopic (exact) mass is 286 g/mol. The van der Waals surface area contributed by atoms with E-state index in [1.54, 1.807) is 0 Å². The Hall–Kier alpha value is -1.79. The van der Waals surface area contributed by atoms with Crippen LogP contribution in [-0.2, 0) is 0 Å². The third kappa shape index (κ3) is 3.08. The number of rotatable bonds is 3. The van der Waals surface area contributed by atoms with Crippen LogP contribution in [-0.4, -0.2) is 0 Å². The van der Waals surface area contributed by atoms with E-state index in [-0.39, 0.29) is 6.04 Å². The van der Waals surface area contributed by atoms with Crippen molar-refractivity contribution in [3.05, 3.63) is 64.6 Å². The van der Waals surface area contributed by atoms with Crippen LogP contribution in [0.5, 0.6) is 0 Å². The molecule has 0 aliphatic carbocycles. The highest BCUT2D eigenvalue weighted by molar-refractivity contribution is 9.10. The highest BCUT2D eigenvalue weighted by Crippen LogP contribution is 2.20. The van der Waals surface area contributed by atoms with E-state index in [0.717, 1.165) is 15.7 Å². The SMILES string of the molecule is N#C[C@H](Nc1ccccc1)c1ccc(Br)cc1. The first-order valence-electron chi connectivity index (χ1n) is 5.26. The molecule has 0 bridgehead atoms. The van der Waals surface area contributed by atoms with Crippen molar-refractivity contribution < 1.29 is 0 Å². The van der Waals surface area contributed by atoms with Crippen molar-refractivity contribution >= 4 is 21.6 Å². The van der Waals surface area contributed by atoms with Crippen LogP contribution in [0.25, 0.3) is 0 Å². The van der Waals surface area contributed by atoms with E-state index >= 15 is 0 Å². The lowest BCUT2D eigenvalue weighted by Crippen LogP contribution is -2.08. The van der Waals surface area contributed by atoms with Crippen LogP contribution >= 0.6 is 15.9 Å². The number of hydrogen-bond donors (Lipinski definition) is 1. The molecule has 2 rings (SSSR count). The Balaban J connectivity index is 2.18. The Bertz CT molecular complexity index is 514. The molecule has 2 aromatic carbocycles. The van der Waals surface area contributed by atoms with E-state index in [1.807, 2.05) is 54.6 Å². The Morgan fingerprint density at radius 3 is 2.24 bits per heavy atom. The van der Waals surface area contributed by atoms with E-state index in [1.165, 1.54) is 0 Å². The lowest BCUT2D eigenvalue weighted by molar-refractivity contribution is 0.997. The van der Waals surface area contributed by atoms with Crippen LogP contribution in [0.4, 0.5) is 5.69 Å². The van der Waals surface area contributed by atoms with Crippen LogP contribution < -0.4 is 5.32 Å². The van der Waals surface area contributed by atoms with Gasteiger partial charge in [-0.15, -0.1) is 0 Å².